The highest BCUT2D eigenvalue weighted by atomic mass is 32.2. The lowest BCUT2D eigenvalue weighted by Crippen LogP contribution is -2.35. The van der Waals surface area contributed by atoms with Gasteiger partial charge in [0.2, 0.25) is 10.2 Å². The summed E-state index contributed by atoms with van der Waals surface area (Å²) in [5.74, 6) is 1.01. The molecule has 0 amide bonds. The highest BCUT2D eigenvalue weighted by molar-refractivity contribution is 8.16. The summed E-state index contributed by atoms with van der Waals surface area (Å²) in [6, 6.07) is 0. The van der Waals surface area contributed by atoms with Gasteiger partial charge in [-0.05, 0) is 47.5 Å². The lowest BCUT2D eigenvalue weighted by molar-refractivity contribution is -0.133. The van der Waals surface area contributed by atoms with Crippen LogP contribution in [0.1, 0.15) is 113 Å². The molecule has 0 bridgehead atoms. The molecule has 0 unspecified atom stereocenters. The van der Waals surface area contributed by atoms with Crippen molar-refractivity contribution in [2.45, 2.75) is 122 Å². The number of carbonyl (C=O) groups excluding carboxylic acids is 3. The third-order valence-electron chi connectivity index (χ3n) is 6.54. The van der Waals surface area contributed by atoms with Crippen LogP contribution in [0.25, 0.3) is 0 Å². The summed E-state index contributed by atoms with van der Waals surface area (Å²) < 4.78 is 4.82. The zero-order valence-corrected chi connectivity index (χ0v) is 23.2. The first-order chi connectivity index (χ1) is 14.9. The van der Waals surface area contributed by atoms with Crippen LogP contribution in [0.5, 0.6) is 0 Å². The van der Waals surface area contributed by atoms with Gasteiger partial charge in [-0.15, -0.1) is 0 Å². The molecule has 0 aromatic rings. The lowest BCUT2D eigenvalue weighted by atomic mass is 9.81. The number of carbonyl (C=O) groups is 3. The number of ketones is 1. The summed E-state index contributed by atoms with van der Waals surface area (Å²) in [6.07, 6.45) is 11.4. The van der Waals surface area contributed by atoms with Crippen LogP contribution in [0, 0.1) is 5.41 Å². The van der Waals surface area contributed by atoms with Gasteiger partial charge in [-0.1, -0.05) is 88.7 Å². The number of Topliss-reactive ketones (excluding diaryl/α,β-unsaturated/α-hetero) is 1. The molecule has 2 atom stereocenters. The van der Waals surface area contributed by atoms with Gasteiger partial charge in [0, 0.05) is 5.57 Å². The van der Waals surface area contributed by atoms with Crippen molar-refractivity contribution in [2.75, 3.05) is 7.11 Å². The van der Waals surface area contributed by atoms with E-state index in [9.17, 15) is 14.4 Å². The fourth-order valence-electron chi connectivity index (χ4n) is 4.43. The van der Waals surface area contributed by atoms with Crippen LogP contribution in [0.15, 0.2) is 11.3 Å². The van der Waals surface area contributed by atoms with Crippen LogP contribution in [-0.4, -0.2) is 32.6 Å². The summed E-state index contributed by atoms with van der Waals surface area (Å²) in [5, 5.41) is 0.213. The number of methoxy groups -OCH3 is 1. The van der Waals surface area contributed by atoms with Gasteiger partial charge in [-0.2, -0.15) is 0 Å². The number of thioether (sulfide) groups is 2. The lowest BCUT2D eigenvalue weighted by Gasteiger charge is -2.24. The van der Waals surface area contributed by atoms with Gasteiger partial charge in [0.25, 0.3) is 0 Å². The Hall–Kier alpha value is -0.750. The molecular formula is C26H44O4S2. The molecule has 2 aliphatic heterocycles. The number of hydrogen-bond acceptors (Lipinski definition) is 6. The minimum absolute atomic E-state index is 0.0375. The van der Waals surface area contributed by atoms with Crippen molar-refractivity contribution in [1.29, 1.82) is 0 Å². The Bertz CT molecular complexity index is 713. The number of unbranched alkanes of at least 4 members (excludes halogenated alkanes) is 6. The molecule has 0 aliphatic carbocycles. The van der Waals surface area contributed by atoms with E-state index in [-0.39, 0.29) is 20.8 Å². The third-order valence-corrected chi connectivity index (χ3v) is 9.41. The Labute approximate surface area is 204 Å². The molecule has 1 fully saturated rings. The molecule has 32 heavy (non-hydrogen) atoms. The second-order valence-electron chi connectivity index (χ2n) is 9.97. The van der Waals surface area contributed by atoms with Crippen molar-refractivity contribution < 1.29 is 19.1 Å². The predicted molar refractivity (Wildman–Crippen MR) is 138 cm³/mol. The fraction of sp³-hybridized carbons (Fsp3) is 0.808. The van der Waals surface area contributed by atoms with Crippen LogP contribution in [0.4, 0.5) is 0 Å². The summed E-state index contributed by atoms with van der Waals surface area (Å²) in [6.45, 7) is 13.8. The molecule has 2 heterocycles. The van der Waals surface area contributed by atoms with Gasteiger partial charge in [-0.3, -0.25) is 14.4 Å². The average Bonchev–Trinajstić information content (AvgIpc) is 3.04. The molecule has 0 saturated carbocycles. The first-order valence-corrected chi connectivity index (χ1v) is 13.8. The van der Waals surface area contributed by atoms with Gasteiger partial charge in [0.1, 0.15) is 5.76 Å². The molecule has 2 rings (SSSR count). The van der Waals surface area contributed by atoms with Crippen molar-refractivity contribution in [3.05, 3.63) is 11.3 Å². The fourth-order valence-corrected chi connectivity index (χ4v) is 7.01. The Kier molecular flexibility index (Phi) is 11.6. The Morgan fingerprint density at radius 1 is 0.750 bits per heavy atom. The molecule has 1 saturated heterocycles. The van der Waals surface area contributed by atoms with E-state index < -0.39 is 10.2 Å². The summed E-state index contributed by atoms with van der Waals surface area (Å²) >= 11 is 2.68. The molecule has 0 aromatic heterocycles. The zero-order valence-electron chi connectivity index (χ0n) is 21.5. The average molecular weight is 485 g/mol. The summed E-state index contributed by atoms with van der Waals surface area (Å²) in [5.41, 5.74) is 0.0231. The van der Waals surface area contributed by atoms with Crippen LogP contribution < -0.4 is 0 Å². The topological polar surface area (TPSA) is 60.4 Å². The van der Waals surface area contributed by atoms with Crippen molar-refractivity contribution >= 4 is 39.5 Å². The maximum Gasteiger partial charge on any atom is 0.219 e. The molecule has 0 radical (unpaired) electrons. The van der Waals surface area contributed by atoms with Gasteiger partial charge >= 0.3 is 0 Å². The number of ether oxygens (including phenoxy) is 1. The van der Waals surface area contributed by atoms with Crippen LogP contribution >= 0.6 is 23.5 Å². The van der Waals surface area contributed by atoms with Gasteiger partial charge in [0.15, 0.2) is 5.78 Å². The Morgan fingerprint density at radius 3 is 1.66 bits per heavy atom. The Balaban J connectivity index is 0.000000320. The molecule has 184 valence electrons. The first-order valence-electron chi connectivity index (χ1n) is 12.2. The SMILES string of the molecule is CCCCCC[C@@]1(C)SC(=O)C(C)(C)C1=O.CCCCCC[C@@]1(C)SC(=O)C(C)=C1OC. The van der Waals surface area contributed by atoms with Gasteiger partial charge in [0.05, 0.1) is 22.0 Å². The van der Waals surface area contributed by atoms with Crippen LogP contribution in [0.3, 0.4) is 0 Å². The molecule has 4 nitrogen and oxygen atoms in total. The minimum Gasteiger partial charge on any atom is -0.499 e. The summed E-state index contributed by atoms with van der Waals surface area (Å²) in [7, 11) is 1.67. The van der Waals surface area contributed by atoms with E-state index >= 15 is 0 Å². The largest absolute Gasteiger partial charge is 0.499 e. The second kappa shape index (κ2) is 12.6. The monoisotopic (exact) mass is 484 g/mol. The molecule has 0 spiro atoms. The molecular weight excluding hydrogens is 440 g/mol. The van der Waals surface area contributed by atoms with E-state index in [1.807, 2.05) is 13.8 Å². The highest BCUT2D eigenvalue weighted by Gasteiger charge is 2.55. The van der Waals surface area contributed by atoms with Gasteiger partial charge < -0.3 is 4.74 Å². The van der Waals surface area contributed by atoms with Crippen LogP contribution in [-0.2, 0) is 19.1 Å². The number of rotatable bonds is 11. The first kappa shape index (κ1) is 29.3. The van der Waals surface area contributed by atoms with E-state index in [0.717, 1.165) is 37.0 Å². The second-order valence-corrected chi connectivity index (χ2v) is 12.9. The summed E-state index contributed by atoms with van der Waals surface area (Å²) in [4.78, 5) is 35.6. The van der Waals surface area contributed by atoms with Crippen LogP contribution in [0.2, 0.25) is 0 Å². The maximum absolute atomic E-state index is 12.2. The standard InChI is InChI=1S/2C13H22O2S/c1-5-6-7-8-9-13(4)10(14)12(2,3)11(15)16-13;1-5-6-7-8-9-13(3)11(15-4)10(2)12(14)16-13/h2*5-9H2,1-4H3/t2*13-/m11/s1. The molecule has 2 aliphatic rings. The molecule has 0 aromatic carbocycles. The number of hydrogen-bond donors (Lipinski definition) is 0. The molecule has 6 heteroatoms. The minimum atomic E-state index is -0.774. The van der Waals surface area contributed by atoms with E-state index in [0.29, 0.717) is 0 Å². The quantitative estimate of drug-likeness (QED) is 0.223. The van der Waals surface area contributed by atoms with Crippen molar-refractivity contribution in [1.82, 2.24) is 0 Å². The normalized spacial score (nSPS) is 27.1. The highest BCUT2D eigenvalue weighted by Crippen LogP contribution is 2.49. The Morgan fingerprint density at radius 2 is 1.25 bits per heavy atom. The van der Waals surface area contributed by atoms with E-state index in [2.05, 4.69) is 20.8 Å². The van der Waals surface area contributed by atoms with E-state index in [1.54, 1.807) is 21.0 Å². The zero-order chi connectivity index (χ0) is 24.6. The maximum atomic E-state index is 12.2. The van der Waals surface area contributed by atoms with E-state index in [4.69, 9.17) is 4.74 Å². The van der Waals surface area contributed by atoms with Crippen molar-refractivity contribution in [3.63, 3.8) is 0 Å². The van der Waals surface area contributed by atoms with Gasteiger partial charge in [-0.25, -0.2) is 0 Å². The smallest absolute Gasteiger partial charge is 0.219 e. The molecule has 0 N–H and O–H groups in total. The predicted octanol–water partition coefficient (Wildman–Crippen LogP) is 7.49. The van der Waals surface area contributed by atoms with Crippen molar-refractivity contribution in [3.8, 4) is 0 Å². The third kappa shape index (κ3) is 7.12. The van der Waals surface area contributed by atoms with Crippen molar-refractivity contribution in [2.24, 2.45) is 5.41 Å². The van der Waals surface area contributed by atoms with E-state index in [1.165, 1.54) is 62.0 Å².